The van der Waals surface area contributed by atoms with Crippen LogP contribution in [0, 0.1) is 0 Å². The molecular formula is C15H25N3O2. The lowest BCUT2D eigenvalue weighted by atomic mass is 10.2. The summed E-state index contributed by atoms with van der Waals surface area (Å²) in [6, 6.07) is 4.45. The van der Waals surface area contributed by atoms with Crippen molar-refractivity contribution < 1.29 is 9.47 Å². The van der Waals surface area contributed by atoms with Crippen LogP contribution in [0.5, 0.6) is 5.88 Å². The van der Waals surface area contributed by atoms with Crippen molar-refractivity contribution in [3.8, 4) is 5.88 Å². The van der Waals surface area contributed by atoms with Gasteiger partial charge in [-0.1, -0.05) is 0 Å². The topological polar surface area (TPSA) is 46.6 Å². The van der Waals surface area contributed by atoms with Crippen LogP contribution in [0.4, 0.5) is 5.69 Å². The van der Waals surface area contributed by atoms with Crippen LogP contribution in [0.2, 0.25) is 0 Å². The highest BCUT2D eigenvalue weighted by atomic mass is 16.5. The van der Waals surface area contributed by atoms with E-state index in [-0.39, 0.29) is 6.10 Å². The van der Waals surface area contributed by atoms with Gasteiger partial charge in [-0.25, -0.2) is 4.98 Å². The third-order valence-corrected chi connectivity index (χ3v) is 3.46. The van der Waals surface area contributed by atoms with Crippen molar-refractivity contribution in [3.05, 3.63) is 18.3 Å². The molecule has 5 nitrogen and oxygen atoms in total. The molecule has 0 aliphatic carbocycles. The summed E-state index contributed by atoms with van der Waals surface area (Å²) in [5.74, 6) is 0.665. The normalized spacial score (nSPS) is 20.1. The predicted octanol–water partition coefficient (Wildman–Crippen LogP) is 2.00. The highest BCUT2D eigenvalue weighted by Gasteiger charge is 2.21. The fraction of sp³-hybridized carbons (Fsp3) is 0.667. The van der Waals surface area contributed by atoms with E-state index in [1.54, 1.807) is 6.20 Å². The van der Waals surface area contributed by atoms with Crippen molar-refractivity contribution >= 4 is 5.69 Å². The Morgan fingerprint density at radius 3 is 3.00 bits per heavy atom. The number of aromatic nitrogens is 1. The third-order valence-electron chi connectivity index (χ3n) is 3.46. The second kappa shape index (κ2) is 7.45. The zero-order chi connectivity index (χ0) is 14.4. The Labute approximate surface area is 121 Å². The van der Waals surface area contributed by atoms with Crippen LogP contribution in [-0.2, 0) is 4.74 Å². The fourth-order valence-corrected chi connectivity index (χ4v) is 2.28. The van der Waals surface area contributed by atoms with Crippen LogP contribution in [-0.4, -0.2) is 54.9 Å². The van der Waals surface area contributed by atoms with Crippen LogP contribution in [0.3, 0.4) is 0 Å². The van der Waals surface area contributed by atoms with E-state index in [1.807, 2.05) is 19.1 Å². The lowest BCUT2D eigenvalue weighted by Crippen LogP contribution is -2.48. The maximum Gasteiger partial charge on any atom is 0.213 e. The van der Waals surface area contributed by atoms with Crippen LogP contribution in [0.1, 0.15) is 20.8 Å². The molecule has 1 aromatic rings. The number of hydrogen-bond donors (Lipinski definition) is 1. The highest BCUT2D eigenvalue weighted by molar-refractivity contribution is 5.42. The lowest BCUT2D eigenvalue weighted by Gasteiger charge is -2.35. The van der Waals surface area contributed by atoms with E-state index in [9.17, 15) is 0 Å². The maximum absolute atomic E-state index is 5.79. The molecule has 0 bridgehead atoms. The molecule has 20 heavy (non-hydrogen) atoms. The number of morpholine rings is 1. The van der Waals surface area contributed by atoms with E-state index in [0.717, 1.165) is 31.9 Å². The standard InChI is InChI=1S/C15H25N3O2/c1-4-19-15-6-5-13(9-17-15)16-10-14-11-18(12(2)3)7-8-20-14/h5-6,9,12,14,16H,4,7-8,10-11H2,1-3H3. The van der Waals surface area contributed by atoms with Gasteiger partial charge in [0.05, 0.1) is 31.2 Å². The summed E-state index contributed by atoms with van der Waals surface area (Å²) in [4.78, 5) is 6.69. The minimum absolute atomic E-state index is 0.234. The van der Waals surface area contributed by atoms with Crippen molar-refractivity contribution in [2.45, 2.75) is 32.9 Å². The number of anilines is 1. The zero-order valence-electron chi connectivity index (χ0n) is 12.6. The predicted molar refractivity (Wildman–Crippen MR) is 80.3 cm³/mol. The second-order valence-electron chi connectivity index (χ2n) is 5.28. The minimum atomic E-state index is 0.234. The fourth-order valence-electron chi connectivity index (χ4n) is 2.28. The number of hydrogen-bond acceptors (Lipinski definition) is 5. The van der Waals surface area contributed by atoms with Crippen LogP contribution >= 0.6 is 0 Å². The summed E-state index contributed by atoms with van der Waals surface area (Å²) < 4.78 is 11.1. The molecule has 0 aromatic carbocycles. The van der Waals surface area contributed by atoms with Gasteiger partial charge in [0.1, 0.15) is 0 Å². The monoisotopic (exact) mass is 279 g/mol. The van der Waals surface area contributed by atoms with Crippen molar-refractivity contribution in [2.24, 2.45) is 0 Å². The van der Waals surface area contributed by atoms with Crippen molar-refractivity contribution in [2.75, 3.05) is 38.2 Å². The molecule has 1 aliphatic heterocycles. The molecule has 5 heteroatoms. The van der Waals surface area contributed by atoms with Gasteiger partial charge in [0.25, 0.3) is 0 Å². The Balaban J connectivity index is 1.79. The van der Waals surface area contributed by atoms with Gasteiger partial charge in [0, 0.05) is 31.7 Å². The Hall–Kier alpha value is -1.33. The van der Waals surface area contributed by atoms with E-state index in [1.165, 1.54) is 0 Å². The number of nitrogens with one attached hydrogen (secondary N) is 1. The molecular weight excluding hydrogens is 254 g/mol. The summed E-state index contributed by atoms with van der Waals surface area (Å²) >= 11 is 0. The lowest BCUT2D eigenvalue weighted by molar-refractivity contribution is -0.0315. The highest BCUT2D eigenvalue weighted by Crippen LogP contribution is 2.13. The van der Waals surface area contributed by atoms with Crippen LogP contribution < -0.4 is 10.1 Å². The average molecular weight is 279 g/mol. The summed E-state index contributed by atoms with van der Waals surface area (Å²) in [6.45, 7) is 10.7. The molecule has 0 spiro atoms. The molecule has 1 fully saturated rings. The summed E-state index contributed by atoms with van der Waals surface area (Å²) in [5, 5.41) is 3.37. The van der Waals surface area contributed by atoms with Gasteiger partial charge in [-0.2, -0.15) is 0 Å². The minimum Gasteiger partial charge on any atom is -0.478 e. The molecule has 1 saturated heterocycles. The zero-order valence-corrected chi connectivity index (χ0v) is 12.6. The Bertz CT molecular complexity index is 395. The molecule has 112 valence electrons. The quantitative estimate of drug-likeness (QED) is 0.863. The van der Waals surface area contributed by atoms with Crippen LogP contribution in [0.25, 0.3) is 0 Å². The van der Waals surface area contributed by atoms with E-state index >= 15 is 0 Å². The molecule has 0 saturated carbocycles. The van der Waals surface area contributed by atoms with Gasteiger partial charge >= 0.3 is 0 Å². The molecule has 1 aromatic heterocycles. The van der Waals surface area contributed by atoms with Gasteiger partial charge in [0.15, 0.2) is 0 Å². The molecule has 0 radical (unpaired) electrons. The number of pyridine rings is 1. The number of rotatable bonds is 6. The first kappa shape index (κ1) is 15.1. The van der Waals surface area contributed by atoms with Gasteiger partial charge in [0.2, 0.25) is 5.88 Å². The Morgan fingerprint density at radius 1 is 1.50 bits per heavy atom. The molecule has 1 atom stereocenters. The molecule has 1 aliphatic rings. The van der Waals surface area contributed by atoms with Crippen molar-refractivity contribution in [1.29, 1.82) is 0 Å². The van der Waals surface area contributed by atoms with E-state index in [0.29, 0.717) is 18.5 Å². The van der Waals surface area contributed by atoms with Gasteiger partial charge < -0.3 is 14.8 Å². The summed E-state index contributed by atoms with van der Waals surface area (Å²) in [7, 11) is 0. The number of ether oxygens (including phenoxy) is 2. The maximum atomic E-state index is 5.79. The first-order valence-electron chi connectivity index (χ1n) is 7.37. The number of nitrogens with zero attached hydrogens (tertiary/aromatic N) is 2. The first-order valence-corrected chi connectivity index (χ1v) is 7.37. The smallest absolute Gasteiger partial charge is 0.213 e. The van der Waals surface area contributed by atoms with Gasteiger partial charge in [-0.3, -0.25) is 4.90 Å². The van der Waals surface area contributed by atoms with Gasteiger partial charge in [-0.05, 0) is 26.8 Å². The van der Waals surface area contributed by atoms with Crippen molar-refractivity contribution in [1.82, 2.24) is 9.88 Å². The second-order valence-corrected chi connectivity index (χ2v) is 5.28. The van der Waals surface area contributed by atoms with E-state index in [2.05, 4.69) is 29.0 Å². The molecule has 2 heterocycles. The van der Waals surface area contributed by atoms with Crippen molar-refractivity contribution in [3.63, 3.8) is 0 Å². The van der Waals surface area contributed by atoms with E-state index in [4.69, 9.17) is 9.47 Å². The Kier molecular flexibility index (Phi) is 5.61. The molecule has 2 rings (SSSR count). The first-order chi connectivity index (χ1) is 9.69. The SMILES string of the molecule is CCOc1ccc(NCC2CN(C(C)C)CCO2)cn1. The van der Waals surface area contributed by atoms with E-state index < -0.39 is 0 Å². The largest absolute Gasteiger partial charge is 0.478 e. The molecule has 0 amide bonds. The third kappa shape index (κ3) is 4.35. The van der Waals surface area contributed by atoms with Gasteiger partial charge in [-0.15, -0.1) is 0 Å². The average Bonchev–Trinajstić information content (AvgIpc) is 2.47. The van der Waals surface area contributed by atoms with Crippen LogP contribution in [0.15, 0.2) is 18.3 Å². The summed E-state index contributed by atoms with van der Waals surface area (Å²) in [6.07, 6.45) is 2.03. The Morgan fingerprint density at radius 2 is 2.35 bits per heavy atom. The molecule has 1 N–H and O–H groups in total. The summed E-state index contributed by atoms with van der Waals surface area (Å²) in [5.41, 5.74) is 0.999. The molecule has 1 unspecified atom stereocenters.